The van der Waals surface area contributed by atoms with E-state index < -0.39 is 0 Å². The fourth-order valence-corrected chi connectivity index (χ4v) is 3.49. The van der Waals surface area contributed by atoms with Crippen LogP contribution in [0.2, 0.25) is 0 Å². The topological polar surface area (TPSA) is 50.2 Å². The van der Waals surface area contributed by atoms with Crippen molar-refractivity contribution in [2.24, 2.45) is 0 Å². The van der Waals surface area contributed by atoms with Crippen LogP contribution in [-0.2, 0) is 11.3 Å². The average Bonchev–Trinajstić information content (AvgIpc) is 3.09. The van der Waals surface area contributed by atoms with Crippen LogP contribution in [0.3, 0.4) is 0 Å². The highest BCUT2D eigenvalue weighted by Crippen LogP contribution is 2.19. The number of thioether (sulfide) groups is 1. The van der Waals surface area contributed by atoms with E-state index in [4.69, 9.17) is 0 Å². The Morgan fingerprint density at radius 1 is 1.07 bits per heavy atom. The van der Waals surface area contributed by atoms with E-state index in [2.05, 4.69) is 51.7 Å². The molecule has 0 saturated heterocycles. The van der Waals surface area contributed by atoms with Crippen LogP contribution in [0.1, 0.15) is 12.0 Å². The molecule has 0 fully saturated rings. The van der Waals surface area contributed by atoms with Crippen molar-refractivity contribution in [1.29, 1.82) is 0 Å². The molecule has 0 saturated carbocycles. The Kier molecular flexibility index (Phi) is 6.54. The lowest BCUT2D eigenvalue weighted by atomic mass is 10.2. The third-order valence-corrected chi connectivity index (χ3v) is 5.12. The molecule has 3 rings (SSSR count). The van der Waals surface area contributed by atoms with Crippen LogP contribution >= 0.6 is 11.8 Å². The predicted molar refractivity (Wildman–Crippen MR) is 113 cm³/mol. The summed E-state index contributed by atoms with van der Waals surface area (Å²) in [7, 11) is 4.04. The van der Waals surface area contributed by atoms with Crippen molar-refractivity contribution in [1.82, 2.24) is 9.78 Å². The first-order valence-corrected chi connectivity index (χ1v) is 9.86. The zero-order chi connectivity index (χ0) is 19.1. The lowest BCUT2D eigenvalue weighted by Crippen LogP contribution is -2.16. The summed E-state index contributed by atoms with van der Waals surface area (Å²) in [5.41, 5.74) is 2.29. The predicted octanol–water partition coefficient (Wildman–Crippen LogP) is 4.12. The molecular formula is C21H24N4OS. The van der Waals surface area contributed by atoms with Crippen LogP contribution in [0, 0.1) is 0 Å². The fourth-order valence-electron chi connectivity index (χ4n) is 2.62. The molecule has 1 aromatic heterocycles. The Balaban J connectivity index is 1.52. The van der Waals surface area contributed by atoms with Gasteiger partial charge in [0.25, 0.3) is 0 Å². The SMILES string of the molecule is CN(C)c1ccc(Cn2nccc2NC(=O)CCSc2ccccc2)cc1. The Bertz CT molecular complexity index is 859. The zero-order valence-electron chi connectivity index (χ0n) is 15.6. The molecule has 2 aromatic carbocycles. The van der Waals surface area contributed by atoms with Crippen molar-refractivity contribution in [2.75, 3.05) is 30.1 Å². The van der Waals surface area contributed by atoms with E-state index in [1.165, 1.54) is 4.90 Å². The number of carbonyl (C=O) groups is 1. The summed E-state index contributed by atoms with van der Waals surface area (Å²) in [6, 6.07) is 20.3. The van der Waals surface area contributed by atoms with Crippen LogP contribution in [0.5, 0.6) is 0 Å². The molecule has 6 heteroatoms. The number of benzene rings is 2. The van der Waals surface area contributed by atoms with Crippen LogP contribution < -0.4 is 10.2 Å². The van der Waals surface area contributed by atoms with Gasteiger partial charge in [-0.15, -0.1) is 11.8 Å². The standard InChI is InChI=1S/C21H24N4OS/c1-24(2)18-10-8-17(9-11-18)16-25-20(12-14-22-25)23-21(26)13-15-27-19-6-4-3-5-7-19/h3-12,14H,13,15-16H2,1-2H3,(H,23,26). The van der Waals surface area contributed by atoms with Gasteiger partial charge < -0.3 is 10.2 Å². The second-order valence-electron chi connectivity index (χ2n) is 6.39. The Morgan fingerprint density at radius 3 is 2.52 bits per heavy atom. The number of nitrogens with zero attached hydrogens (tertiary/aromatic N) is 3. The molecule has 0 aliphatic carbocycles. The van der Waals surface area contributed by atoms with Crippen molar-refractivity contribution < 1.29 is 4.79 Å². The van der Waals surface area contributed by atoms with E-state index in [0.717, 1.165) is 22.8 Å². The third-order valence-electron chi connectivity index (χ3n) is 4.11. The van der Waals surface area contributed by atoms with Gasteiger partial charge in [-0.2, -0.15) is 5.10 Å². The molecule has 1 amide bonds. The lowest BCUT2D eigenvalue weighted by Gasteiger charge is -2.13. The summed E-state index contributed by atoms with van der Waals surface area (Å²) in [6.45, 7) is 0.620. The molecule has 0 aliphatic heterocycles. The summed E-state index contributed by atoms with van der Waals surface area (Å²) in [5, 5.41) is 7.30. The molecular weight excluding hydrogens is 356 g/mol. The summed E-state index contributed by atoms with van der Waals surface area (Å²) < 4.78 is 1.81. The van der Waals surface area contributed by atoms with Crippen molar-refractivity contribution in [2.45, 2.75) is 17.9 Å². The van der Waals surface area contributed by atoms with Gasteiger partial charge in [0.2, 0.25) is 5.91 Å². The van der Waals surface area contributed by atoms with Crippen LogP contribution in [-0.4, -0.2) is 35.5 Å². The van der Waals surface area contributed by atoms with Gasteiger partial charge in [-0.3, -0.25) is 4.79 Å². The van der Waals surface area contributed by atoms with E-state index in [0.29, 0.717) is 13.0 Å². The van der Waals surface area contributed by atoms with Gasteiger partial charge in [-0.25, -0.2) is 4.68 Å². The molecule has 0 bridgehead atoms. The lowest BCUT2D eigenvalue weighted by molar-refractivity contribution is -0.115. The highest BCUT2D eigenvalue weighted by atomic mass is 32.2. The summed E-state index contributed by atoms with van der Waals surface area (Å²) in [4.78, 5) is 15.5. The maximum atomic E-state index is 12.3. The Labute approximate surface area is 164 Å². The maximum Gasteiger partial charge on any atom is 0.226 e. The quantitative estimate of drug-likeness (QED) is 0.597. The van der Waals surface area contributed by atoms with Gasteiger partial charge in [0, 0.05) is 42.9 Å². The third kappa shape index (κ3) is 5.62. The molecule has 0 radical (unpaired) electrons. The van der Waals surface area contributed by atoms with E-state index in [9.17, 15) is 4.79 Å². The molecule has 140 valence electrons. The molecule has 27 heavy (non-hydrogen) atoms. The van der Waals surface area contributed by atoms with Crippen molar-refractivity contribution in [3.8, 4) is 0 Å². The summed E-state index contributed by atoms with van der Waals surface area (Å²) in [6.07, 6.45) is 2.17. The van der Waals surface area contributed by atoms with Gasteiger partial charge in [0.05, 0.1) is 12.7 Å². The highest BCUT2D eigenvalue weighted by Gasteiger charge is 2.08. The first-order valence-electron chi connectivity index (χ1n) is 8.87. The highest BCUT2D eigenvalue weighted by molar-refractivity contribution is 7.99. The second kappa shape index (κ2) is 9.28. The molecule has 0 spiro atoms. The Morgan fingerprint density at radius 2 is 1.81 bits per heavy atom. The zero-order valence-corrected chi connectivity index (χ0v) is 16.4. The van der Waals surface area contributed by atoms with Gasteiger partial charge in [0.1, 0.15) is 5.82 Å². The normalized spacial score (nSPS) is 10.6. The first kappa shape index (κ1) is 19.0. The van der Waals surface area contributed by atoms with E-state index in [1.54, 1.807) is 18.0 Å². The number of amides is 1. The fraction of sp³-hybridized carbons (Fsp3) is 0.238. The number of nitrogens with one attached hydrogen (secondary N) is 1. The molecule has 0 unspecified atom stereocenters. The molecule has 5 nitrogen and oxygen atoms in total. The van der Waals surface area contributed by atoms with Crippen LogP contribution in [0.15, 0.2) is 71.8 Å². The smallest absolute Gasteiger partial charge is 0.226 e. The van der Waals surface area contributed by atoms with Crippen molar-refractivity contribution in [3.63, 3.8) is 0 Å². The molecule has 3 aromatic rings. The molecule has 1 heterocycles. The van der Waals surface area contributed by atoms with Crippen molar-refractivity contribution in [3.05, 3.63) is 72.4 Å². The average molecular weight is 381 g/mol. The van der Waals surface area contributed by atoms with E-state index in [1.807, 2.05) is 43.0 Å². The number of aromatic nitrogens is 2. The molecule has 0 atom stereocenters. The van der Waals surface area contributed by atoms with Gasteiger partial charge >= 0.3 is 0 Å². The van der Waals surface area contributed by atoms with E-state index in [-0.39, 0.29) is 5.91 Å². The van der Waals surface area contributed by atoms with Gasteiger partial charge in [0.15, 0.2) is 0 Å². The Hall–Kier alpha value is -2.73. The first-order chi connectivity index (χ1) is 13.1. The number of rotatable bonds is 8. The second-order valence-corrected chi connectivity index (χ2v) is 7.56. The minimum atomic E-state index is 0.00290. The number of hydrogen-bond acceptors (Lipinski definition) is 4. The van der Waals surface area contributed by atoms with Gasteiger partial charge in [-0.05, 0) is 29.8 Å². The summed E-state index contributed by atoms with van der Waals surface area (Å²) in [5.74, 6) is 1.47. The molecule has 1 N–H and O–H groups in total. The molecule has 0 aliphatic rings. The number of carbonyl (C=O) groups excluding carboxylic acids is 1. The van der Waals surface area contributed by atoms with Crippen LogP contribution in [0.25, 0.3) is 0 Å². The monoisotopic (exact) mass is 380 g/mol. The maximum absolute atomic E-state index is 12.3. The number of anilines is 2. The minimum absolute atomic E-state index is 0.00290. The van der Waals surface area contributed by atoms with Crippen molar-refractivity contribution >= 4 is 29.2 Å². The number of hydrogen-bond donors (Lipinski definition) is 1. The van der Waals surface area contributed by atoms with Gasteiger partial charge in [-0.1, -0.05) is 30.3 Å². The minimum Gasteiger partial charge on any atom is -0.378 e. The van der Waals surface area contributed by atoms with Crippen LogP contribution in [0.4, 0.5) is 11.5 Å². The van der Waals surface area contributed by atoms with E-state index >= 15 is 0 Å². The summed E-state index contributed by atoms with van der Waals surface area (Å²) >= 11 is 1.68. The largest absolute Gasteiger partial charge is 0.378 e.